The molecule has 2 aliphatic heterocycles. The highest BCUT2D eigenvalue weighted by molar-refractivity contribution is 6.01. The minimum absolute atomic E-state index is 0.0664. The molecule has 32 heavy (non-hydrogen) atoms. The van der Waals surface area contributed by atoms with Crippen LogP contribution in [0, 0.1) is 12.3 Å². The second-order valence-corrected chi connectivity index (χ2v) is 10.2. The van der Waals surface area contributed by atoms with Gasteiger partial charge in [0.2, 0.25) is 0 Å². The van der Waals surface area contributed by atoms with Crippen molar-refractivity contribution < 1.29 is 4.79 Å². The van der Waals surface area contributed by atoms with E-state index in [1.165, 1.54) is 0 Å². The third kappa shape index (κ3) is 2.85. The van der Waals surface area contributed by atoms with Crippen LogP contribution in [0.1, 0.15) is 58.2 Å². The van der Waals surface area contributed by atoms with E-state index in [0.717, 1.165) is 57.8 Å². The molecule has 2 atom stereocenters. The van der Waals surface area contributed by atoms with Crippen molar-refractivity contribution in [2.45, 2.75) is 65.5 Å². The lowest BCUT2D eigenvalue weighted by Gasteiger charge is -2.48. The number of hydrogen-bond donors (Lipinski definition) is 1. The Kier molecular flexibility index (Phi) is 4.56. The van der Waals surface area contributed by atoms with Gasteiger partial charge in [0.05, 0.1) is 17.3 Å². The Morgan fingerprint density at radius 3 is 2.69 bits per heavy atom. The first kappa shape index (κ1) is 20.9. The Hall–Kier alpha value is -3.02. The predicted molar refractivity (Wildman–Crippen MR) is 125 cm³/mol. The molecule has 0 bridgehead atoms. The van der Waals surface area contributed by atoms with Crippen LogP contribution in [-0.2, 0) is 17.3 Å². The van der Waals surface area contributed by atoms with Crippen LogP contribution in [0.2, 0.25) is 0 Å². The Morgan fingerprint density at radius 1 is 1.22 bits per heavy atom. The highest BCUT2D eigenvalue weighted by Gasteiger charge is 2.53. The highest BCUT2D eigenvalue weighted by atomic mass is 16.1. The Bertz CT molecular complexity index is 1230. The smallest absolute Gasteiger partial charge is 0.165 e. The monoisotopic (exact) mass is 429 g/mol. The molecule has 0 saturated heterocycles. The Morgan fingerprint density at radius 2 is 2.00 bits per heavy atom. The van der Waals surface area contributed by atoms with Crippen LogP contribution in [0.25, 0.3) is 11.1 Å². The summed E-state index contributed by atoms with van der Waals surface area (Å²) in [6.45, 7) is 10.6. The van der Waals surface area contributed by atoms with Gasteiger partial charge in [0.1, 0.15) is 0 Å². The number of carbonyl (C=O) groups is 1. The molecule has 0 saturated carbocycles. The lowest BCUT2D eigenvalue weighted by atomic mass is 9.58. The van der Waals surface area contributed by atoms with Gasteiger partial charge < -0.3 is 5.32 Å². The molecule has 3 aliphatic rings. The quantitative estimate of drug-likeness (QED) is 0.714. The van der Waals surface area contributed by atoms with Crippen molar-refractivity contribution in [3.63, 3.8) is 0 Å². The molecule has 0 amide bonds. The topological polar surface area (TPSA) is 71.6 Å². The zero-order valence-electron chi connectivity index (χ0n) is 19.8. The van der Waals surface area contributed by atoms with Crippen molar-refractivity contribution in [2.75, 3.05) is 0 Å². The number of allylic oxidation sites excluding steroid dienone is 3. The molecule has 0 spiro atoms. The van der Waals surface area contributed by atoms with Crippen LogP contribution < -0.4 is 5.32 Å². The average molecular weight is 430 g/mol. The van der Waals surface area contributed by atoms with E-state index < -0.39 is 5.41 Å². The second-order valence-electron chi connectivity index (χ2n) is 10.2. The lowest BCUT2D eigenvalue weighted by molar-refractivity contribution is -0.119. The number of benzene rings is 1. The predicted octanol–water partition coefficient (Wildman–Crippen LogP) is 5.36. The fourth-order valence-corrected chi connectivity index (χ4v) is 5.94. The van der Waals surface area contributed by atoms with Gasteiger partial charge in [-0.1, -0.05) is 39.0 Å². The first-order valence-corrected chi connectivity index (χ1v) is 11.4. The molecule has 2 aromatic rings. The van der Waals surface area contributed by atoms with E-state index in [-0.39, 0.29) is 17.4 Å². The summed E-state index contributed by atoms with van der Waals surface area (Å²) in [5.74, 6) is 0.235. The number of nitrogens with zero attached hydrogens (tertiary/aromatic N) is 4. The third-order valence-electron chi connectivity index (χ3n) is 7.49. The number of Topliss-reactive ketones (excluding diaryl/α,β-unsaturated/α-hetero) is 1. The molecule has 2 unspecified atom stereocenters. The van der Waals surface area contributed by atoms with Crippen molar-refractivity contribution in [1.29, 1.82) is 0 Å². The van der Waals surface area contributed by atoms with E-state index in [0.29, 0.717) is 6.42 Å². The van der Waals surface area contributed by atoms with E-state index in [9.17, 15) is 4.79 Å². The van der Waals surface area contributed by atoms with Crippen molar-refractivity contribution in [3.05, 3.63) is 64.3 Å². The van der Waals surface area contributed by atoms with Gasteiger partial charge in [-0.15, -0.1) is 0 Å². The molecule has 0 fully saturated rings. The first-order valence-electron chi connectivity index (χ1n) is 11.4. The van der Waals surface area contributed by atoms with Gasteiger partial charge in [-0.05, 0) is 49.3 Å². The zero-order chi connectivity index (χ0) is 22.8. The maximum Gasteiger partial charge on any atom is 0.165 e. The highest BCUT2D eigenvalue weighted by Crippen LogP contribution is 2.55. The Balaban J connectivity index is 1.78. The number of aromatic nitrogens is 2. The number of aryl methyl sites for hydroxylation is 1. The van der Waals surface area contributed by atoms with Crippen LogP contribution in [-0.4, -0.2) is 21.7 Å². The summed E-state index contributed by atoms with van der Waals surface area (Å²) >= 11 is 0. The zero-order valence-corrected chi connectivity index (χ0v) is 19.8. The van der Waals surface area contributed by atoms with Gasteiger partial charge >= 0.3 is 0 Å². The molecule has 5 rings (SSSR count). The molecule has 166 valence electrons. The Labute approximate surface area is 189 Å². The fraction of sp³-hybridized carbons (Fsp3) is 0.462. The van der Waals surface area contributed by atoms with Crippen LogP contribution >= 0.6 is 0 Å². The maximum atomic E-state index is 13.7. The first-order chi connectivity index (χ1) is 15.2. The molecule has 1 aromatic heterocycles. The molecule has 1 aromatic carbocycles. The summed E-state index contributed by atoms with van der Waals surface area (Å²) < 4.78 is 1.90. The molecular formula is C26H31N5O. The summed E-state index contributed by atoms with van der Waals surface area (Å²) in [6, 6.07) is 8.63. The number of ketones is 1. The van der Waals surface area contributed by atoms with Crippen LogP contribution in [0.4, 0.5) is 0 Å². The van der Waals surface area contributed by atoms with Gasteiger partial charge in [0.25, 0.3) is 0 Å². The van der Waals surface area contributed by atoms with Crippen molar-refractivity contribution in [2.24, 2.45) is 22.7 Å². The van der Waals surface area contributed by atoms with E-state index in [1.807, 2.05) is 24.9 Å². The summed E-state index contributed by atoms with van der Waals surface area (Å²) in [7, 11) is 1.96. The van der Waals surface area contributed by atoms with Crippen molar-refractivity contribution in [1.82, 2.24) is 15.1 Å². The normalized spacial score (nSPS) is 26.3. The summed E-state index contributed by atoms with van der Waals surface area (Å²) in [6.07, 6.45) is 3.89. The number of rotatable bonds is 3. The molecule has 3 heterocycles. The van der Waals surface area contributed by atoms with Crippen molar-refractivity contribution >= 4 is 5.78 Å². The van der Waals surface area contributed by atoms with Gasteiger partial charge in [-0.3, -0.25) is 9.48 Å². The molecule has 6 nitrogen and oxygen atoms in total. The molecule has 1 aliphatic carbocycles. The van der Waals surface area contributed by atoms with E-state index in [2.05, 4.69) is 72.6 Å². The fourth-order valence-electron chi connectivity index (χ4n) is 5.94. The molecule has 0 radical (unpaired) electrons. The number of hydrogen-bond acceptors (Lipinski definition) is 5. The standard InChI is InChI=1S/C26H31N5O/c1-7-26(18-10-8-9-17(11-18)19-14-27-31(6)16(19)3)22-15(2)29-30-24(22)28-20-12-25(4,5)13-21(32)23(20)26/h8-11,14,24,28H,7,12-13H2,1-6H3. The summed E-state index contributed by atoms with van der Waals surface area (Å²) in [5, 5.41) is 17.0. The minimum Gasteiger partial charge on any atom is -0.362 e. The van der Waals surface area contributed by atoms with Crippen LogP contribution in [0.5, 0.6) is 0 Å². The SMILES string of the molecule is CCC1(c2cccc(-c3cnn(C)c3C)c2)C2=C(CC(C)(C)CC2=O)NC2N=NC(C)=C21. The van der Waals surface area contributed by atoms with Crippen LogP contribution in [0.15, 0.2) is 63.2 Å². The van der Waals surface area contributed by atoms with E-state index in [4.69, 9.17) is 0 Å². The molecular weight excluding hydrogens is 398 g/mol. The number of nitrogens with one attached hydrogen (secondary N) is 1. The van der Waals surface area contributed by atoms with Crippen LogP contribution in [0.3, 0.4) is 0 Å². The number of azo groups is 1. The van der Waals surface area contributed by atoms with E-state index >= 15 is 0 Å². The van der Waals surface area contributed by atoms with Gasteiger partial charge in [-0.25, -0.2) is 0 Å². The summed E-state index contributed by atoms with van der Waals surface area (Å²) in [5.41, 5.74) is 7.87. The number of carbonyl (C=O) groups excluding carboxylic acids is 1. The molecule has 1 N–H and O–H groups in total. The van der Waals surface area contributed by atoms with Gasteiger partial charge in [0, 0.05) is 41.6 Å². The average Bonchev–Trinajstić information content (AvgIpc) is 3.28. The van der Waals surface area contributed by atoms with Gasteiger partial charge in [0.15, 0.2) is 11.9 Å². The van der Waals surface area contributed by atoms with Crippen molar-refractivity contribution in [3.8, 4) is 11.1 Å². The summed E-state index contributed by atoms with van der Waals surface area (Å²) in [4.78, 5) is 13.7. The minimum atomic E-state index is -0.529. The lowest BCUT2D eigenvalue weighted by Crippen LogP contribution is -2.51. The largest absolute Gasteiger partial charge is 0.362 e. The third-order valence-corrected chi connectivity index (χ3v) is 7.49. The van der Waals surface area contributed by atoms with E-state index in [1.54, 1.807) is 0 Å². The van der Waals surface area contributed by atoms with Gasteiger partial charge in [-0.2, -0.15) is 15.3 Å². The second kappa shape index (κ2) is 6.99. The molecule has 6 heteroatoms. The number of fused-ring (bicyclic) bond motifs is 1. The maximum absolute atomic E-state index is 13.7.